The molecule has 0 bridgehead atoms. The van der Waals surface area contributed by atoms with Crippen LogP contribution in [0.2, 0.25) is 5.02 Å². The van der Waals surface area contributed by atoms with Crippen molar-refractivity contribution in [3.05, 3.63) is 29.0 Å². The van der Waals surface area contributed by atoms with Crippen LogP contribution in [0.1, 0.15) is 25.7 Å². The summed E-state index contributed by atoms with van der Waals surface area (Å²) in [7, 11) is 0. The Bertz CT molecular complexity index is 960. The molecule has 3 N–H and O–H groups in total. The number of carbonyl (C=O) groups excluding carboxylic acids is 3. The highest BCUT2D eigenvalue weighted by Gasteiger charge is 2.59. The summed E-state index contributed by atoms with van der Waals surface area (Å²) in [6, 6.07) is 3.74. The van der Waals surface area contributed by atoms with Crippen molar-refractivity contribution in [2.24, 2.45) is 23.7 Å². The third-order valence-corrected chi connectivity index (χ3v) is 6.76. The Labute approximate surface area is 196 Å². The molecule has 3 saturated carbocycles. The van der Waals surface area contributed by atoms with Gasteiger partial charge in [0.05, 0.1) is 11.1 Å². The van der Waals surface area contributed by atoms with Crippen molar-refractivity contribution < 1.29 is 41.4 Å². The highest BCUT2D eigenvalue weighted by atomic mass is 35.5. The van der Waals surface area contributed by atoms with Gasteiger partial charge in [-0.05, 0) is 49.7 Å². The maximum absolute atomic E-state index is 13.4. The van der Waals surface area contributed by atoms with Gasteiger partial charge in [0.1, 0.15) is 11.6 Å². The van der Waals surface area contributed by atoms with Gasteiger partial charge < -0.3 is 10.1 Å². The zero-order chi connectivity index (χ0) is 24.6. The highest BCUT2D eigenvalue weighted by Crippen LogP contribution is 2.57. The number of fused-ring (bicyclic) bond motifs is 1. The van der Waals surface area contributed by atoms with Crippen LogP contribution in [0.25, 0.3) is 0 Å². The molecule has 4 rings (SSSR count). The Morgan fingerprint density at radius 1 is 1.03 bits per heavy atom. The molecule has 3 aliphatic carbocycles. The molecule has 3 fully saturated rings. The third-order valence-electron chi connectivity index (χ3n) is 6.45. The average Bonchev–Trinajstić information content (AvgIpc) is 3.24. The van der Waals surface area contributed by atoms with Gasteiger partial charge in [-0.1, -0.05) is 11.6 Å². The average molecular weight is 508 g/mol. The van der Waals surface area contributed by atoms with Crippen molar-refractivity contribution in [2.75, 3.05) is 6.61 Å². The van der Waals surface area contributed by atoms with Gasteiger partial charge in [-0.15, -0.1) is 13.2 Å². The standard InChI is InChI=1S/C21H22ClF4N3O5/c22-15-2-1-11(7-16(15)23)33-8-17(30)27-10-5-13-14(6-10)18(13)20(32)29-28-19(31)9-3-12(4-9)34-21(24,25)26/h1-2,7,9-10,12-14,18H,3-6,8H2,(H,27,30)(H,28,31)(H,29,32)/t9?,10?,12?,13-,14+,18+. The van der Waals surface area contributed by atoms with Crippen LogP contribution in [0.15, 0.2) is 18.2 Å². The van der Waals surface area contributed by atoms with E-state index in [1.54, 1.807) is 0 Å². The van der Waals surface area contributed by atoms with Gasteiger partial charge in [0.25, 0.3) is 5.91 Å². The molecule has 1 aromatic carbocycles. The van der Waals surface area contributed by atoms with Gasteiger partial charge in [0.15, 0.2) is 6.61 Å². The van der Waals surface area contributed by atoms with Crippen molar-refractivity contribution in [3.63, 3.8) is 0 Å². The lowest BCUT2D eigenvalue weighted by atomic mass is 9.82. The molecule has 0 aliphatic heterocycles. The molecular formula is C21H22ClF4N3O5. The number of nitrogens with one attached hydrogen (secondary N) is 3. The third kappa shape index (κ3) is 5.90. The Morgan fingerprint density at radius 3 is 2.29 bits per heavy atom. The number of amides is 3. The number of rotatable bonds is 7. The van der Waals surface area contributed by atoms with Gasteiger partial charge in [-0.2, -0.15) is 0 Å². The molecule has 3 aliphatic rings. The fraction of sp³-hybridized carbons (Fsp3) is 0.571. The minimum absolute atomic E-state index is 0.0488. The minimum atomic E-state index is -4.73. The summed E-state index contributed by atoms with van der Waals surface area (Å²) in [6.45, 7) is -0.293. The molecular weight excluding hydrogens is 486 g/mol. The summed E-state index contributed by atoms with van der Waals surface area (Å²) in [6.07, 6.45) is -4.71. The van der Waals surface area contributed by atoms with Gasteiger partial charge in [-0.3, -0.25) is 30.0 Å². The predicted octanol–water partition coefficient (Wildman–Crippen LogP) is 2.46. The van der Waals surface area contributed by atoms with Crippen LogP contribution in [0.5, 0.6) is 5.75 Å². The van der Waals surface area contributed by atoms with Crippen LogP contribution >= 0.6 is 11.6 Å². The summed E-state index contributed by atoms with van der Waals surface area (Å²) in [5, 5.41) is 2.77. The number of hydrogen-bond acceptors (Lipinski definition) is 5. The van der Waals surface area contributed by atoms with E-state index in [0.29, 0.717) is 12.8 Å². The minimum Gasteiger partial charge on any atom is -0.484 e. The largest absolute Gasteiger partial charge is 0.522 e. The molecule has 1 unspecified atom stereocenters. The molecule has 13 heteroatoms. The van der Waals surface area contributed by atoms with Gasteiger partial charge >= 0.3 is 6.36 Å². The number of carbonyl (C=O) groups is 3. The Hall–Kier alpha value is -2.60. The van der Waals surface area contributed by atoms with Crippen LogP contribution in [-0.2, 0) is 19.1 Å². The molecule has 0 aromatic heterocycles. The predicted molar refractivity (Wildman–Crippen MR) is 108 cm³/mol. The van der Waals surface area contributed by atoms with Crippen molar-refractivity contribution in [2.45, 2.75) is 44.2 Å². The lowest BCUT2D eigenvalue weighted by Crippen LogP contribution is -2.50. The second-order valence-corrected chi connectivity index (χ2v) is 9.19. The molecule has 0 radical (unpaired) electrons. The summed E-state index contributed by atoms with van der Waals surface area (Å²) in [4.78, 5) is 36.3. The van der Waals surface area contributed by atoms with E-state index in [9.17, 15) is 31.9 Å². The molecule has 0 heterocycles. The first-order valence-corrected chi connectivity index (χ1v) is 11.1. The highest BCUT2D eigenvalue weighted by molar-refractivity contribution is 6.30. The second-order valence-electron chi connectivity index (χ2n) is 8.79. The van der Waals surface area contributed by atoms with E-state index >= 15 is 0 Å². The van der Waals surface area contributed by atoms with E-state index in [0.717, 1.165) is 6.07 Å². The fourth-order valence-electron chi connectivity index (χ4n) is 4.71. The molecule has 0 spiro atoms. The SMILES string of the molecule is O=C(COc1ccc(Cl)c(F)c1)NC1C[C@@H]2[C@H](C1)[C@H]2C(=O)NNC(=O)C1CC(OC(F)(F)F)C1. The van der Waals surface area contributed by atoms with Crippen LogP contribution in [0.3, 0.4) is 0 Å². The number of halogens is 5. The number of hydrazine groups is 1. The quantitative estimate of drug-likeness (QED) is 0.388. The van der Waals surface area contributed by atoms with Crippen molar-refractivity contribution in [1.82, 2.24) is 16.2 Å². The zero-order valence-electron chi connectivity index (χ0n) is 17.7. The summed E-state index contributed by atoms with van der Waals surface area (Å²) >= 11 is 5.59. The van der Waals surface area contributed by atoms with Crippen molar-refractivity contribution in [1.29, 1.82) is 0 Å². The van der Waals surface area contributed by atoms with Crippen LogP contribution in [-0.4, -0.2) is 42.8 Å². The zero-order valence-corrected chi connectivity index (χ0v) is 18.4. The van der Waals surface area contributed by atoms with E-state index < -0.39 is 30.1 Å². The first kappa shape index (κ1) is 24.5. The van der Waals surface area contributed by atoms with Crippen LogP contribution in [0, 0.1) is 29.5 Å². The van der Waals surface area contributed by atoms with Gasteiger partial charge in [-0.25, -0.2) is 4.39 Å². The molecule has 186 valence electrons. The molecule has 3 amide bonds. The molecule has 1 aromatic rings. The molecule has 8 nitrogen and oxygen atoms in total. The Balaban J connectivity index is 1.10. The number of alkyl halides is 3. The maximum atomic E-state index is 13.4. The lowest BCUT2D eigenvalue weighted by molar-refractivity contribution is -0.353. The molecule has 4 atom stereocenters. The van der Waals surface area contributed by atoms with E-state index in [4.69, 9.17) is 16.3 Å². The van der Waals surface area contributed by atoms with Crippen molar-refractivity contribution in [3.8, 4) is 5.75 Å². The first-order chi connectivity index (χ1) is 16.0. The number of hydrogen-bond donors (Lipinski definition) is 3. The van der Waals surface area contributed by atoms with Crippen LogP contribution < -0.4 is 20.9 Å². The smallest absolute Gasteiger partial charge is 0.484 e. The summed E-state index contributed by atoms with van der Waals surface area (Å²) < 4.78 is 58.9. The fourth-order valence-corrected chi connectivity index (χ4v) is 4.82. The molecule has 34 heavy (non-hydrogen) atoms. The van der Waals surface area contributed by atoms with E-state index in [-0.39, 0.29) is 65.8 Å². The number of ether oxygens (including phenoxy) is 2. The second kappa shape index (κ2) is 9.57. The van der Waals surface area contributed by atoms with Crippen LogP contribution in [0.4, 0.5) is 17.6 Å². The molecule has 0 saturated heterocycles. The van der Waals surface area contributed by atoms with Gasteiger partial charge in [0, 0.05) is 23.9 Å². The monoisotopic (exact) mass is 507 g/mol. The maximum Gasteiger partial charge on any atom is 0.522 e. The Kier molecular flexibility index (Phi) is 6.90. The van der Waals surface area contributed by atoms with Gasteiger partial charge in [0.2, 0.25) is 11.8 Å². The first-order valence-electron chi connectivity index (χ1n) is 10.7. The summed E-state index contributed by atoms with van der Waals surface area (Å²) in [5.41, 5.74) is 4.60. The van der Waals surface area contributed by atoms with E-state index in [1.807, 2.05) is 0 Å². The van der Waals surface area contributed by atoms with E-state index in [1.165, 1.54) is 12.1 Å². The number of benzene rings is 1. The normalized spacial score (nSPS) is 29.4. The topological polar surface area (TPSA) is 106 Å². The lowest BCUT2D eigenvalue weighted by Gasteiger charge is -2.34. The Morgan fingerprint density at radius 2 is 1.68 bits per heavy atom. The summed E-state index contributed by atoms with van der Waals surface area (Å²) in [5.74, 6) is -2.54. The van der Waals surface area contributed by atoms with E-state index in [2.05, 4.69) is 20.9 Å². The van der Waals surface area contributed by atoms with Crippen molar-refractivity contribution >= 4 is 29.3 Å².